The summed E-state index contributed by atoms with van der Waals surface area (Å²) in [6.07, 6.45) is 0.753. The van der Waals surface area contributed by atoms with Crippen LogP contribution in [0.2, 0.25) is 5.15 Å². The Balaban J connectivity index is 2.68. The van der Waals surface area contributed by atoms with Crippen LogP contribution >= 0.6 is 11.6 Å². The van der Waals surface area contributed by atoms with Gasteiger partial charge in [0.2, 0.25) is 0 Å². The van der Waals surface area contributed by atoms with Crippen LogP contribution in [0, 0.1) is 6.92 Å². The molecule has 1 aromatic rings. The quantitative estimate of drug-likeness (QED) is 0.771. The van der Waals surface area contributed by atoms with E-state index in [9.17, 15) is 4.79 Å². The number of rotatable bonds is 5. The number of aryl methyl sites for hydroxylation is 2. The van der Waals surface area contributed by atoms with Crippen LogP contribution in [-0.2, 0) is 23.0 Å². The van der Waals surface area contributed by atoms with Crippen molar-refractivity contribution in [1.82, 2.24) is 9.78 Å². The summed E-state index contributed by atoms with van der Waals surface area (Å²) in [5.74, 6) is 0.120. The molecule has 0 saturated carbocycles. The highest BCUT2D eigenvalue weighted by molar-refractivity contribution is 6.30. The minimum atomic E-state index is 0.120. The summed E-state index contributed by atoms with van der Waals surface area (Å²) >= 11 is 6.01. The van der Waals surface area contributed by atoms with E-state index in [1.807, 2.05) is 6.92 Å². The summed E-state index contributed by atoms with van der Waals surface area (Å²) in [4.78, 5) is 11.5. The summed E-state index contributed by atoms with van der Waals surface area (Å²) in [6.45, 7) is 2.31. The number of nitrogens with zero attached hydrogens (tertiary/aromatic N) is 2. The summed E-state index contributed by atoms with van der Waals surface area (Å²) in [6, 6.07) is 0. The van der Waals surface area contributed by atoms with Gasteiger partial charge in [0.1, 0.15) is 10.9 Å². The molecule has 0 unspecified atom stereocenters. The number of Topliss-reactive ketones (excluding diaryl/α,β-unsaturated/α-hetero) is 1. The lowest BCUT2D eigenvalue weighted by Crippen LogP contribution is -2.06. The Morgan fingerprint density at radius 3 is 2.73 bits per heavy atom. The van der Waals surface area contributed by atoms with E-state index in [0.717, 1.165) is 11.3 Å². The largest absolute Gasteiger partial charge is 0.384 e. The molecule has 1 rings (SSSR count). The van der Waals surface area contributed by atoms with E-state index in [0.29, 0.717) is 24.6 Å². The minimum Gasteiger partial charge on any atom is -0.384 e. The number of carbonyl (C=O) groups is 1. The molecule has 4 nitrogen and oxygen atoms in total. The van der Waals surface area contributed by atoms with Gasteiger partial charge in [-0.15, -0.1) is 0 Å². The van der Waals surface area contributed by atoms with Gasteiger partial charge in [-0.1, -0.05) is 11.6 Å². The van der Waals surface area contributed by atoms with E-state index >= 15 is 0 Å². The van der Waals surface area contributed by atoms with Crippen molar-refractivity contribution in [3.05, 3.63) is 16.4 Å². The molecule has 1 heterocycles. The van der Waals surface area contributed by atoms with Crippen molar-refractivity contribution in [3.8, 4) is 0 Å². The van der Waals surface area contributed by atoms with E-state index in [2.05, 4.69) is 5.10 Å². The van der Waals surface area contributed by atoms with Gasteiger partial charge in [0.15, 0.2) is 0 Å². The molecule has 1 aromatic heterocycles. The summed E-state index contributed by atoms with van der Waals surface area (Å²) in [5.41, 5.74) is 1.63. The Hall–Kier alpha value is -0.870. The zero-order chi connectivity index (χ0) is 11.4. The first kappa shape index (κ1) is 12.2. The number of methoxy groups -OCH3 is 1. The third kappa shape index (κ3) is 3.04. The maximum atomic E-state index is 11.5. The average molecular weight is 231 g/mol. The van der Waals surface area contributed by atoms with Gasteiger partial charge < -0.3 is 4.74 Å². The van der Waals surface area contributed by atoms with Gasteiger partial charge in [-0.3, -0.25) is 9.48 Å². The van der Waals surface area contributed by atoms with Gasteiger partial charge in [-0.05, 0) is 6.92 Å². The van der Waals surface area contributed by atoms with Gasteiger partial charge >= 0.3 is 0 Å². The van der Waals surface area contributed by atoms with Gasteiger partial charge in [-0.25, -0.2) is 0 Å². The number of ether oxygens (including phenoxy) is 1. The Morgan fingerprint density at radius 2 is 2.27 bits per heavy atom. The number of carbonyl (C=O) groups excluding carboxylic acids is 1. The number of halogens is 1. The van der Waals surface area contributed by atoms with Gasteiger partial charge in [-0.2, -0.15) is 5.10 Å². The molecule has 0 aliphatic heterocycles. The molecule has 0 fully saturated rings. The normalized spacial score (nSPS) is 10.7. The van der Waals surface area contributed by atoms with E-state index in [1.165, 1.54) is 0 Å². The van der Waals surface area contributed by atoms with Crippen LogP contribution in [0.5, 0.6) is 0 Å². The zero-order valence-corrected chi connectivity index (χ0v) is 9.97. The molecule has 0 aliphatic rings. The van der Waals surface area contributed by atoms with Gasteiger partial charge in [0.05, 0.1) is 12.3 Å². The maximum absolute atomic E-state index is 11.5. The predicted octanol–water partition coefficient (Wildman–Crippen LogP) is 1.53. The fourth-order valence-electron chi connectivity index (χ4n) is 1.38. The molecule has 0 bridgehead atoms. The topological polar surface area (TPSA) is 44.1 Å². The van der Waals surface area contributed by atoms with Crippen LogP contribution in [0.15, 0.2) is 0 Å². The SMILES string of the molecule is COCCC(=O)Cc1c(C)nn(C)c1Cl. The summed E-state index contributed by atoms with van der Waals surface area (Å²) in [5, 5.41) is 4.69. The minimum absolute atomic E-state index is 0.120. The number of ketones is 1. The van der Waals surface area contributed by atoms with E-state index in [4.69, 9.17) is 16.3 Å². The first-order valence-electron chi connectivity index (χ1n) is 4.75. The molecule has 5 heteroatoms. The summed E-state index contributed by atoms with van der Waals surface area (Å²) in [7, 11) is 3.34. The molecule has 0 atom stereocenters. The van der Waals surface area contributed by atoms with Crippen molar-refractivity contribution >= 4 is 17.4 Å². The second kappa shape index (κ2) is 5.28. The number of hydrogen-bond donors (Lipinski definition) is 0. The molecular weight excluding hydrogens is 216 g/mol. The lowest BCUT2D eigenvalue weighted by atomic mass is 10.1. The van der Waals surface area contributed by atoms with E-state index in [-0.39, 0.29) is 5.78 Å². The molecule has 0 amide bonds. The monoisotopic (exact) mass is 230 g/mol. The molecule has 0 aliphatic carbocycles. The van der Waals surface area contributed by atoms with Gasteiger partial charge in [0, 0.05) is 32.6 Å². The Labute approximate surface area is 94.2 Å². The fraction of sp³-hybridized carbons (Fsp3) is 0.600. The standard InChI is InChI=1S/C10H15ClN2O2/c1-7-9(10(11)13(2)12-7)6-8(14)4-5-15-3/h4-6H2,1-3H3. The van der Waals surface area contributed by atoms with E-state index in [1.54, 1.807) is 18.8 Å². The molecule has 0 radical (unpaired) electrons. The van der Waals surface area contributed by atoms with E-state index < -0.39 is 0 Å². The zero-order valence-electron chi connectivity index (χ0n) is 9.21. The molecule has 0 saturated heterocycles. The van der Waals surface area contributed by atoms with Crippen LogP contribution in [0.4, 0.5) is 0 Å². The van der Waals surface area contributed by atoms with Crippen molar-refractivity contribution in [1.29, 1.82) is 0 Å². The maximum Gasteiger partial charge on any atom is 0.139 e. The fourth-order valence-corrected chi connectivity index (χ4v) is 1.62. The third-order valence-corrected chi connectivity index (χ3v) is 2.70. The molecule has 0 spiro atoms. The first-order valence-corrected chi connectivity index (χ1v) is 5.12. The van der Waals surface area contributed by atoms with Crippen molar-refractivity contribution in [2.24, 2.45) is 7.05 Å². The van der Waals surface area contributed by atoms with Crippen LogP contribution in [0.3, 0.4) is 0 Å². The Kier molecular flexibility index (Phi) is 4.29. The highest BCUT2D eigenvalue weighted by Gasteiger charge is 2.14. The summed E-state index contributed by atoms with van der Waals surface area (Å²) < 4.78 is 6.42. The van der Waals surface area contributed by atoms with Crippen LogP contribution < -0.4 is 0 Å². The molecular formula is C10H15ClN2O2. The second-order valence-electron chi connectivity index (χ2n) is 3.44. The Bertz CT molecular complexity index is 361. The van der Waals surface area contributed by atoms with Gasteiger partial charge in [0.25, 0.3) is 0 Å². The van der Waals surface area contributed by atoms with Crippen molar-refractivity contribution in [2.75, 3.05) is 13.7 Å². The second-order valence-corrected chi connectivity index (χ2v) is 3.79. The van der Waals surface area contributed by atoms with Crippen molar-refractivity contribution < 1.29 is 9.53 Å². The van der Waals surface area contributed by atoms with Crippen molar-refractivity contribution in [3.63, 3.8) is 0 Å². The number of hydrogen-bond acceptors (Lipinski definition) is 3. The highest BCUT2D eigenvalue weighted by Crippen LogP contribution is 2.19. The average Bonchev–Trinajstić information content (AvgIpc) is 2.42. The predicted molar refractivity (Wildman–Crippen MR) is 58.2 cm³/mol. The molecule has 0 aromatic carbocycles. The lowest BCUT2D eigenvalue weighted by molar-refractivity contribution is -0.119. The highest BCUT2D eigenvalue weighted by atomic mass is 35.5. The first-order chi connectivity index (χ1) is 7.06. The molecule has 84 valence electrons. The number of aromatic nitrogens is 2. The molecule has 0 N–H and O–H groups in total. The Morgan fingerprint density at radius 1 is 1.60 bits per heavy atom. The third-order valence-electron chi connectivity index (χ3n) is 2.23. The van der Waals surface area contributed by atoms with Crippen LogP contribution in [0.1, 0.15) is 17.7 Å². The lowest BCUT2D eigenvalue weighted by Gasteiger charge is -2.00. The van der Waals surface area contributed by atoms with Crippen LogP contribution in [-0.4, -0.2) is 29.3 Å². The van der Waals surface area contributed by atoms with Crippen molar-refractivity contribution in [2.45, 2.75) is 19.8 Å². The van der Waals surface area contributed by atoms with Crippen LogP contribution in [0.25, 0.3) is 0 Å². The smallest absolute Gasteiger partial charge is 0.139 e. The molecule has 15 heavy (non-hydrogen) atoms.